The summed E-state index contributed by atoms with van der Waals surface area (Å²) in [5.74, 6) is -2.49. The first-order chi connectivity index (χ1) is 8.76. The van der Waals surface area contributed by atoms with Crippen LogP contribution in [0, 0.1) is 11.6 Å². The standard InChI is InChI=1S/C13H18F2N2O2/c1-4-19-13(2,3)7-17-12(18)8-5-11(16)10(15)6-9(8)14/h5-6H,4,7,16H2,1-3H3,(H,17,18). The van der Waals surface area contributed by atoms with Crippen molar-refractivity contribution in [2.45, 2.75) is 26.4 Å². The van der Waals surface area contributed by atoms with Gasteiger partial charge in [-0.05, 0) is 26.8 Å². The lowest BCUT2D eigenvalue weighted by molar-refractivity contribution is -0.00818. The van der Waals surface area contributed by atoms with Crippen LogP contribution in [0.2, 0.25) is 0 Å². The summed E-state index contributed by atoms with van der Waals surface area (Å²) in [7, 11) is 0. The van der Waals surface area contributed by atoms with Crippen molar-refractivity contribution in [3.8, 4) is 0 Å². The van der Waals surface area contributed by atoms with Crippen molar-refractivity contribution in [3.63, 3.8) is 0 Å². The maximum absolute atomic E-state index is 13.5. The Hall–Kier alpha value is -1.69. The van der Waals surface area contributed by atoms with Gasteiger partial charge in [0.1, 0.15) is 11.6 Å². The Bertz CT molecular complexity index is 476. The van der Waals surface area contributed by atoms with E-state index in [0.29, 0.717) is 12.7 Å². The number of ether oxygens (including phenoxy) is 1. The van der Waals surface area contributed by atoms with Gasteiger partial charge in [0.2, 0.25) is 0 Å². The molecule has 0 aliphatic heterocycles. The van der Waals surface area contributed by atoms with E-state index in [1.54, 1.807) is 13.8 Å². The van der Waals surface area contributed by atoms with E-state index in [9.17, 15) is 13.6 Å². The van der Waals surface area contributed by atoms with Gasteiger partial charge in [-0.25, -0.2) is 8.78 Å². The number of carbonyl (C=O) groups excluding carboxylic acids is 1. The highest BCUT2D eigenvalue weighted by molar-refractivity contribution is 5.95. The molecule has 0 aromatic heterocycles. The Morgan fingerprint density at radius 2 is 2.00 bits per heavy atom. The van der Waals surface area contributed by atoms with Crippen molar-refractivity contribution in [2.24, 2.45) is 0 Å². The molecule has 1 amide bonds. The summed E-state index contributed by atoms with van der Waals surface area (Å²) in [4.78, 5) is 11.8. The number of rotatable bonds is 5. The van der Waals surface area contributed by atoms with E-state index in [2.05, 4.69) is 5.32 Å². The SMILES string of the molecule is CCOC(C)(C)CNC(=O)c1cc(N)c(F)cc1F. The van der Waals surface area contributed by atoms with Crippen LogP contribution in [-0.4, -0.2) is 24.7 Å². The minimum atomic E-state index is -0.946. The van der Waals surface area contributed by atoms with Gasteiger partial charge in [0.15, 0.2) is 0 Å². The lowest BCUT2D eigenvalue weighted by atomic mass is 10.1. The Morgan fingerprint density at radius 3 is 2.58 bits per heavy atom. The molecule has 0 saturated heterocycles. The van der Waals surface area contributed by atoms with Gasteiger partial charge in [-0.15, -0.1) is 0 Å². The largest absolute Gasteiger partial charge is 0.396 e. The van der Waals surface area contributed by atoms with Crippen molar-refractivity contribution in [2.75, 3.05) is 18.9 Å². The lowest BCUT2D eigenvalue weighted by Crippen LogP contribution is -2.40. The third-order valence-electron chi connectivity index (χ3n) is 2.54. The molecule has 0 bridgehead atoms. The summed E-state index contributed by atoms with van der Waals surface area (Å²) in [5.41, 5.74) is 4.19. The van der Waals surface area contributed by atoms with Gasteiger partial charge in [-0.1, -0.05) is 0 Å². The Morgan fingerprint density at radius 1 is 1.37 bits per heavy atom. The molecule has 0 saturated carbocycles. The molecule has 0 unspecified atom stereocenters. The number of hydrogen-bond donors (Lipinski definition) is 2. The number of hydrogen-bond acceptors (Lipinski definition) is 3. The Kier molecular flexibility index (Phi) is 4.83. The van der Waals surface area contributed by atoms with E-state index >= 15 is 0 Å². The summed E-state index contributed by atoms with van der Waals surface area (Å²) in [6.45, 7) is 6.14. The molecule has 0 aliphatic rings. The van der Waals surface area contributed by atoms with E-state index in [4.69, 9.17) is 10.5 Å². The first-order valence-corrected chi connectivity index (χ1v) is 5.93. The van der Waals surface area contributed by atoms with Crippen LogP contribution in [0.4, 0.5) is 14.5 Å². The zero-order chi connectivity index (χ0) is 14.6. The molecule has 6 heteroatoms. The van der Waals surface area contributed by atoms with Gasteiger partial charge in [0.05, 0.1) is 16.9 Å². The summed E-state index contributed by atoms with van der Waals surface area (Å²) < 4.78 is 31.8. The van der Waals surface area contributed by atoms with Crippen molar-refractivity contribution < 1.29 is 18.3 Å². The van der Waals surface area contributed by atoms with Crippen LogP contribution >= 0.6 is 0 Å². The molecule has 0 radical (unpaired) electrons. The Balaban J connectivity index is 2.77. The second-order valence-corrected chi connectivity index (χ2v) is 4.73. The maximum atomic E-state index is 13.5. The molecule has 1 aromatic rings. The Labute approximate surface area is 110 Å². The van der Waals surface area contributed by atoms with Crippen LogP contribution in [0.3, 0.4) is 0 Å². The van der Waals surface area contributed by atoms with Crippen LogP contribution in [0.5, 0.6) is 0 Å². The highest BCUT2D eigenvalue weighted by Crippen LogP contribution is 2.17. The van der Waals surface area contributed by atoms with Gasteiger partial charge >= 0.3 is 0 Å². The molecule has 4 nitrogen and oxygen atoms in total. The van der Waals surface area contributed by atoms with E-state index in [0.717, 1.165) is 6.07 Å². The predicted molar refractivity (Wildman–Crippen MR) is 68.8 cm³/mol. The molecular formula is C13H18F2N2O2. The average Bonchev–Trinajstić information content (AvgIpc) is 2.31. The molecule has 19 heavy (non-hydrogen) atoms. The van der Waals surface area contributed by atoms with E-state index < -0.39 is 23.1 Å². The molecule has 3 N–H and O–H groups in total. The van der Waals surface area contributed by atoms with Crippen LogP contribution in [0.25, 0.3) is 0 Å². The number of halogens is 2. The van der Waals surface area contributed by atoms with Crippen molar-refractivity contribution in [3.05, 3.63) is 29.3 Å². The van der Waals surface area contributed by atoms with E-state index in [1.807, 2.05) is 6.92 Å². The minimum absolute atomic E-state index is 0.205. The molecule has 0 fully saturated rings. The number of nitrogens with two attached hydrogens (primary N) is 1. The molecule has 0 atom stereocenters. The quantitative estimate of drug-likeness (QED) is 0.807. The molecule has 1 rings (SSSR count). The summed E-state index contributed by atoms with van der Waals surface area (Å²) in [6, 6.07) is 1.58. The molecular weight excluding hydrogens is 254 g/mol. The molecule has 1 aromatic carbocycles. The number of amides is 1. The van der Waals surface area contributed by atoms with E-state index in [1.165, 1.54) is 0 Å². The van der Waals surface area contributed by atoms with Crippen molar-refractivity contribution in [1.29, 1.82) is 0 Å². The van der Waals surface area contributed by atoms with Crippen LogP contribution in [-0.2, 0) is 4.74 Å². The van der Waals surface area contributed by atoms with E-state index in [-0.39, 0.29) is 17.8 Å². The van der Waals surface area contributed by atoms with Gasteiger partial charge in [0.25, 0.3) is 5.91 Å². The summed E-state index contributed by atoms with van der Waals surface area (Å²) >= 11 is 0. The van der Waals surface area contributed by atoms with Gasteiger partial charge in [-0.3, -0.25) is 4.79 Å². The van der Waals surface area contributed by atoms with Gasteiger partial charge in [0, 0.05) is 19.2 Å². The maximum Gasteiger partial charge on any atom is 0.254 e. The summed E-state index contributed by atoms with van der Waals surface area (Å²) in [5, 5.41) is 2.53. The minimum Gasteiger partial charge on any atom is -0.396 e. The van der Waals surface area contributed by atoms with Crippen LogP contribution in [0.1, 0.15) is 31.1 Å². The number of nitrogens with one attached hydrogen (secondary N) is 1. The lowest BCUT2D eigenvalue weighted by Gasteiger charge is -2.24. The van der Waals surface area contributed by atoms with Gasteiger partial charge in [-0.2, -0.15) is 0 Å². The first kappa shape index (κ1) is 15.4. The third-order valence-corrected chi connectivity index (χ3v) is 2.54. The van der Waals surface area contributed by atoms with Crippen LogP contribution in [0.15, 0.2) is 12.1 Å². The first-order valence-electron chi connectivity index (χ1n) is 5.93. The van der Waals surface area contributed by atoms with Crippen LogP contribution < -0.4 is 11.1 Å². The zero-order valence-corrected chi connectivity index (χ0v) is 11.2. The molecule has 0 heterocycles. The van der Waals surface area contributed by atoms with Crippen molar-refractivity contribution >= 4 is 11.6 Å². The highest BCUT2D eigenvalue weighted by atomic mass is 19.1. The monoisotopic (exact) mass is 272 g/mol. The third kappa shape index (κ3) is 4.17. The zero-order valence-electron chi connectivity index (χ0n) is 11.2. The second-order valence-electron chi connectivity index (χ2n) is 4.73. The fourth-order valence-corrected chi connectivity index (χ4v) is 1.57. The smallest absolute Gasteiger partial charge is 0.254 e. The number of nitrogen functional groups attached to an aromatic ring is 1. The van der Waals surface area contributed by atoms with Gasteiger partial charge < -0.3 is 15.8 Å². The average molecular weight is 272 g/mol. The number of benzene rings is 1. The fourth-order valence-electron chi connectivity index (χ4n) is 1.57. The normalized spacial score (nSPS) is 11.4. The molecule has 106 valence electrons. The number of anilines is 1. The van der Waals surface area contributed by atoms with Crippen molar-refractivity contribution in [1.82, 2.24) is 5.32 Å². The molecule has 0 spiro atoms. The fraction of sp³-hybridized carbons (Fsp3) is 0.462. The molecule has 0 aliphatic carbocycles. The summed E-state index contributed by atoms with van der Waals surface area (Å²) in [6.07, 6.45) is 0. The highest BCUT2D eigenvalue weighted by Gasteiger charge is 2.21. The number of carbonyl (C=O) groups is 1. The second kappa shape index (κ2) is 5.97. The topological polar surface area (TPSA) is 64.3 Å². The predicted octanol–water partition coefficient (Wildman–Crippen LogP) is 2.09.